The van der Waals surface area contributed by atoms with E-state index in [0.29, 0.717) is 37.1 Å². The van der Waals surface area contributed by atoms with E-state index >= 15 is 0 Å². The van der Waals surface area contributed by atoms with E-state index in [1.54, 1.807) is 24.3 Å². The molecule has 2 amide bonds. The molecule has 0 aliphatic heterocycles. The minimum Gasteiger partial charge on any atom is -0.508 e. The molecule has 0 fully saturated rings. The standard InChI is InChI=1S/C22H28N2O4/c1-5-13-9-17(25)10-14(6-2)19(13)23-21(27)22(28)24-20-15(7-3)11-18(26)12-16(20)8-4/h9-12,25-26H,5-8H2,1-4H3,(H,23,27)(H,24,28). The molecule has 0 bridgehead atoms. The molecule has 150 valence electrons. The fraction of sp³-hybridized carbons (Fsp3) is 0.364. The van der Waals surface area contributed by atoms with Crippen LogP contribution in [0.5, 0.6) is 11.5 Å². The number of carbonyl (C=O) groups excluding carboxylic acids is 2. The van der Waals surface area contributed by atoms with Crippen molar-refractivity contribution in [3.05, 3.63) is 46.5 Å². The molecule has 2 rings (SSSR count). The first-order chi connectivity index (χ1) is 13.3. The van der Waals surface area contributed by atoms with Crippen LogP contribution in [0.15, 0.2) is 24.3 Å². The molecule has 6 nitrogen and oxygen atoms in total. The highest BCUT2D eigenvalue weighted by atomic mass is 16.3. The number of hydrogen-bond acceptors (Lipinski definition) is 4. The van der Waals surface area contributed by atoms with Crippen LogP contribution >= 0.6 is 0 Å². The zero-order valence-electron chi connectivity index (χ0n) is 16.8. The third-order valence-corrected chi connectivity index (χ3v) is 4.78. The molecule has 2 aromatic rings. The molecule has 6 heteroatoms. The number of phenolic OH excluding ortho intramolecular Hbond substituents is 2. The summed E-state index contributed by atoms with van der Waals surface area (Å²) < 4.78 is 0. The van der Waals surface area contributed by atoms with E-state index < -0.39 is 11.8 Å². The topological polar surface area (TPSA) is 98.7 Å². The lowest BCUT2D eigenvalue weighted by molar-refractivity contribution is -0.133. The number of hydrogen-bond donors (Lipinski definition) is 4. The quantitative estimate of drug-likeness (QED) is 0.448. The van der Waals surface area contributed by atoms with Gasteiger partial charge in [-0.05, 0) is 72.2 Å². The molecule has 0 radical (unpaired) electrons. The van der Waals surface area contributed by atoms with E-state index in [2.05, 4.69) is 10.6 Å². The summed E-state index contributed by atoms with van der Waals surface area (Å²) in [5, 5.41) is 25.1. The lowest BCUT2D eigenvalue weighted by Crippen LogP contribution is -2.30. The monoisotopic (exact) mass is 384 g/mol. The van der Waals surface area contributed by atoms with Crippen LogP contribution in [0.25, 0.3) is 0 Å². The first-order valence-corrected chi connectivity index (χ1v) is 9.66. The van der Waals surface area contributed by atoms with E-state index in [0.717, 1.165) is 22.3 Å². The minimum atomic E-state index is -0.771. The Morgan fingerprint density at radius 3 is 1.11 bits per heavy atom. The van der Waals surface area contributed by atoms with Crippen molar-refractivity contribution < 1.29 is 19.8 Å². The molecule has 28 heavy (non-hydrogen) atoms. The van der Waals surface area contributed by atoms with Gasteiger partial charge in [0.25, 0.3) is 0 Å². The SMILES string of the molecule is CCc1cc(O)cc(CC)c1NC(=O)C(=O)Nc1c(CC)cc(O)cc1CC. The van der Waals surface area contributed by atoms with Gasteiger partial charge in [0.2, 0.25) is 0 Å². The van der Waals surface area contributed by atoms with Crippen molar-refractivity contribution in [3.63, 3.8) is 0 Å². The Kier molecular flexibility index (Phi) is 7.04. The summed E-state index contributed by atoms with van der Waals surface area (Å²) in [6.45, 7) is 7.67. The summed E-state index contributed by atoms with van der Waals surface area (Å²) in [5.41, 5.74) is 4.22. The van der Waals surface area contributed by atoms with Crippen LogP contribution < -0.4 is 10.6 Å². The maximum Gasteiger partial charge on any atom is 0.314 e. The first-order valence-electron chi connectivity index (χ1n) is 9.66. The number of phenols is 2. The number of aromatic hydroxyl groups is 2. The molecule has 2 aromatic carbocycles. The third kappa shape index (κ3) is 4.63. The average molecular weight is 384 g/mol. The Bertz CT molecular complexity index is 767. The summed E-state index contributed by atoms with van der Waals surface area (Å²) in [6.07, 6.45) is 2.43. The molecular formula is C22H28N2O4. The maximum atomic E-state index is 12.6. The Morgan fingerprint density at radius 2 is 0.893 bits per heavy atom. The van der Waals surface area contributed by atoms with Crippen LogP contribution in [0.2, 0.25) is 0 Å². The lowest BCUT2D eigenvalue weighted by Gasteiger charge is -2.17. The fourth-order valence-electron chi connectivity index (χ4n) is 3.28. The van der Waals surface area contributed by atoms with Gasteiger partial charge in [-0.3, -0.25) is 9.59 Å². The lowest BCUT2D eigenvalue weighted by atomic mass is 10.0. The highest BCUT2D eigenvalue weighted by Crippen LogP contribution is 2.29. The zero-order valence-corrected chi connectivity index (χ0v) is 16.8. The average Bonchev–Trinajstić information content (AvgIpc) is 2.69. The van der Waals surface area contributed by atoms with Crippen LogP contribution in [0, 0.1) is 0 Å². The van der Waals surface area contributed by atoms with Gasteiger partial charge in [-0.2, -0.15) is 0 Å². The van der Waals surface area contributed by atoms with E-state index in [9.17, 15) is 19.8 Å². The van der Waals surface area contributed by atoms with Crippen molar-refractivity contribution >= 4 is 23.2 Å². The third-order valence-electron chi connectivity index (χ3n) is 4.78. The maximum absolute atomic E-state index is 12.6. The normalized spacial score (nSPS) is 10.6. The summed E-state index contributed by atoms with van der Waals surface area (Å²) in [4.78, 5) is 25.1. The van der Waals surface area contributed by atoms with Crippen LogP contribution in [-0.2, 0) is 35.3 Å². The van der Waals surface area contributed by atoms with Crippen molar-refractivity contribution in [3.8, 4) is 11.5 Å². The molecule has 0 unspecified atom stereocenters. The minimum absolute atomic E-state index is 0.139. The van der Waals surface area contributed by atoms with Crippen molar-refractivity contribution in [1.82, 2.24) is 0 Å². The number of aryl methyl sites for hydroxylation is 4. The van der Waals surface area contributed by atoms with Gasteiger partial charge < -0.3 is 20.8 Å². The van der Waals surface area contributed by atoms with Crippen LogP contribution in [0.4, 0.5) is 11.4 Å². The van der Waals surface area contributed by atoms with Crippen LogP contribution in [0.1, 0.15) is 49.9 Å². The van der Waals surface area contributed by atoms with Crippen molar-refractivity contribution in [2.45, 2.75) is 53.4 Å². The van der Waals surface area contributed by atoms with Crippen molar-refractivity contribution in [2.24, 2.45) is 0 Å². The molecule has 0 saturated carbocycles. The first kappa shape index (κ1) is 21.3. The Labute approximate surface area is 165 Å². The molecule has 0 spiro atoms. The van der Waals surface area contributed by atoms with E-state index in [-0.39, 0.29) is 11.5 Å². The molecule has 0 saturated heterocycles. The summed E-state index contributed by atoms with van der Waals surface area (Å²) in [6, 6.07) is 6.38. The number of benzene rings is 2. The molecule has 0 aliphatic carbocycles. The second-order valence-electron chi connectivity index (χ2n) is 6.60. The van der Waals surface area contributed by atoms with Crippen molar-refractivity contribution in [2.75, 3.05) is 10.6 Å². The smallest absolute Gasteiger partial charge is 0.314 e. The summed E-state index contributed by atoms with van der Waals surface area (Å²) in [7, 11) is 0. The molecule has 4 N–H and O–H groups in total. The predicted octanol–water partition coefficient (Wildman–Crippen LogP) is 3.92. The second kappa shape index (κ2) is 9.26. The molecular weight excluding hydrogens is 356 g/mol. The number of amides is 2. The Morgan fingerprint density at radius 1 is 0.643 bits per heavy atom. The molecule has 0 atom stereocenters. The summed E-state index contributed by atoms with van der Waals surface area (Å²) >= 11 is 0. The molecule has 0 aliphatic rings. The highest BCUT2D eigenvalue weighted by Gasteiger charge is 2.20. The number of nitrogens with one attached hydrogen (secondary N) is 2. The van der Waals surface area contributed by atoms with Gasteiger partial charge in [-0.15, -0.1) is 0 Å². The van der Waals surface area contributed by atoms with E-state index in [1.165, 1.54) is 0 Å². The molecule has 0 heterocycles. The van der Waals surface area contributed by atoms with Gasteiger partial charge >= 0.3 is 11.8 Å². The van der Waals surface area contributed by atoms with Gasteiger partial charge in [0.05, 0.1) is 0 Å². The van der Waals surface area contributed by atoms with Crippen LogP contribution in [-0.4, -0.2) is 22.0 Å². The van der Waals surface area contributed by atoms with Gasteiger partial charge in [0.1, 0.15) is 11.5 Å². The molecule has 0 aromatic heterocycles. The number of carbonyl (C=O) groups is 2. The van der Waals surface area contributed by atoms with Crippen LogP contribution in [0.3, 0.4) is 0 Å². The van der Waals surface area contributed by atoms with Gasteiger partial charge in [-0.25, -0.2) is 0 Å². The Hall–Kier alpha value is -3.02. The highest BCUT2D eigenvalue weighted by molar-refractivity contribution is 6.44. The zero-order chi connectivity index (χ0) is 20.8. The number of anilines is 2. The Balaban J connectivity index is 2.30. The van der Waals surface area contributed by atoms with Gasteiger partial charge in [0, 0.05) is 11.4 Å². The summed E-state index contributed by atoms with van der Waals surface area (Å²) in [5.74, 6) is -1.26. The largest absolute Gasteiger partial charge is 0.508 e. The van der Waals surface area contributed by atoms with Gasteiger partial charge in [0.15, 0.2) is 0 Å². The van der Waals surface area contributed by atoms with Crippen molar-refractivity contribution in [1.29, 1.82) is 0 Å². The fourth-order valence-corrected chi connectivity index (χ4v) is 3.28. The van der Waals surface area contributed by atoms with E-state index in [4.69, 9.17) is 0 Å². The van der Waals surface area contributed by atoms with Gasteiger partial charge in [-0.1, -0.05) is 27.7 Å². The second-order valence-corrected chi connectivity index (χ2v) is 6.60. The predicted molar refractivity (Wildman–Crippen MR) is 111 cm³/mol. The van der Waals surface area contributed by atoms with E-state index in [1.807, 2.05) is 27.7 Å². The number of rotatable bonds is 6.